The Morgan fingerprint density at radius 2 is 2.00 bits per heavy atom. The number of hydrogen-bond donors (Lipinski definition) is 2. The van der Waals surface area contributed by atoms with Gasteiger partial charge in [-0.15, -0.1) is 11.3 Å². The van der Waals surface area contributed by atoms with Gasteiger partial charge in [0.05, 0.1) is 34.9 Å². The number of piperidine rings is 1. The molecule has 7 rings (SSSR count). The Hall–Kier alpha value is -3.12. The van der Waals surface area contributed by atoms with E-state index in [1.165, 1.54) is 12.5 Å². The molecular formula is C28H32FN7O2S. The maximum absolute atomic E-state index is 15.2. The smallest absolute Gasteiger partial charge is 0.223 e. The average Bonchev–Trinajstić information content (AvgIpc) is 3.55. The summed E-state index contributed by atoms with van der Waals surface area (Å²) in [6.07, 6.45) is 3.95. The van der Waals surface area contributed by atoms with Crippen molar-refractivity contribution >= 4 is 44.2 Å². The lowest BCUT2D eigenvalue weighted by Gasteiger charge is -2.46. The predicted octanol–water partition coefficient (Wildman–Crippen LogP) is 3.20. The van der Waals surface area contributed by atoms with Crippen LogP contribution >= 0.6 is 11.3 Å². The van der Waals surface area contributed by atoms with Crippen molar-refractivity contribution in [2.45, 2.75) is 25.4 Å². The quantitative estimate of drug-likeness (QED) is 0.381. The lowest BCUT2D eigenvalue weighted by molar-refractivity contribution is -0.127. The van der Waals surface area contributed by atoms with E-state index < -0.39 is 0 Å². The zero-order valence-corrected chi connectivity index (χ0v) is 22.6. The molecule has 39 heavy (non-hydrogen) atoms. The van der Waals surface area contributed by atoms with Crippen molar-refractivity contribution in [2.24, 2.45) is 11.7 Å². The van der Waals surface area contributed by atoms with Crippen molar-refractivity contribution in [3.63, 3.8) is 0 Å². The van der Waals surface area contributed by atoms with Crippen molar-refractivity contribution in [1.29, 1.82) is 0 Å². The zero-order valence-electron chi connectivity index (χ0n) is 21.7. The number of aromatic amines is 1. The molecule has 3 aliphatic heterocycles. The molecule has 0 radical (unpaired) electrons. The molecule has 1 amide bonds. The van der Waals surface area contributed by atoms with Crippen LogP contribution in [0.1, 0.15) is 17.7 Å². The van der Waals surface area contributed by atoms with Crippen LogP contribution in [0.15, 0.2) is 30.5 Å². The largest absolute Gasteiger partial charge is 0.378 e. The molecule has 3 N–H and O–H groups in total. The Labute approximate surface area is 229 Å². The molecule has 3 aliphatic rings. The number of primary amides is 1. The van der Waals surface area contributed by atoms with Crippen molar-refractivity contribution in [3.05, 3.63) is 41.2 Å². The molecule has 11 heteroatoms. The number of aromatic nitrogens is 3. The van der Waals surface area contributed by atoms with Gasteiger partial charge in [-0.05, 0) is 50.2 Å². The van der Waals surface area contributed by atoms with Crippen molar-refractivity contribution in [2.75, 3.05) is 57.4 Å². The lowest BCUT2D eigenvalue weighted by Crippen LogP contribution is -2.58. The molecule has 3 aromatic heterocycles. The molecule has 0 saturated carbocycles. The second-order valence-electron chi connectivity index (χ2n) is 10.7. The highest BCUT2D eigenvalue weighted by Crippen LogP contribution is 2.38. The van der Waals surface area contributed by atoms with Crippen LogP contribution in [0.25, 0.3) is 32.5 Å². The fraction of sp³-hybridized carbons (Fsp3) is 0.464. The summed E-state index contributed by atoms with van der Waals surface area (Å²) in [5.41, 5.74) is 7.93. The van der Waals surface area contributed by atoms with E-state index in [9.17, 15) is 4.79 Å². The Bertz CT molecular complexity index is 1530. The number of amides is 1. The van der Waals surface area contributed by atoms with E-state index in [-0.39, 0.29) is 23.7 Å². The van der Waals surface area contributed by atoms with Crippen LogP contribution in [0.2, 0.25) is 0 Å². The molecule has 3 saturated heterocycles. The second kappa shape index (κ2) is 10.1. The van der Waals surface area contributed by atoms with Gasteiger partial charge in [-0.3, -0.25) is 14.6 Å². The molecule has 0 spiro atoms. The predicted molar refractivity (Wildman–Crippen MR) is 150 cm³/mol. The molecule has 204 valence electrons. The summed E-state index contributed by atoms with van der Waals surface area (Å²) < 4.78 is 21.8. The molecule has 1 aromatic carbocycles. The number of rotatable bonds is 6. The Morgan fingerprint density at radius 3 is 2.77 bits per heavy atom. The standard InChI is InChI=1S/C28H32FN7O2S/c29-20-2-3-21-18(4-6-31-21)24(20)27-32-22-14-17(39-25(22)28(33-27)36-10-12-38-13-11-36)15-34-9-5-23(35-7-1-8-35)19(16-34)26(30)37/h2-4,6,14,19,23,31H,1,5,7-13,15-16H2,(H2,30,37)/t19-,23+/m1/s1. The van der Waals surface area contributed by atoms with E-state index in [0.717, 1.165) is 77.5 Å². The van der Waals surface area contributed by atoms with Gasteiger partial charge < -0.3 is 20.4 Å². The normalized spacial score (nSPS) is 22.9. The number of carbonyl (C=O) groups is 1. The highest BCUT2D eigenvalue weighted by atomic mass is 32.1. The molecule has 4 aromatic rings. The van der Waals surface area contributed by atoms with Gasteiger partial charge in [0, 0.05) is 60.7 Å². The van der Waals surface area contributed by atoms with Crippen LogP contribution in [0, 0.1) is 11.7 Å². The van der Waals surface area contributed by atoms with Gasteiger partial charge in [-0.1, -0.05) is 0 Å². The van der Waals surface area contributed by atoms with E-state index >= 15 is 4.39 Å². The van der Waals surface area contributed by atoms with Gasteiger partial charge in [-0.2, -0.15) is 0 Å². The average molecular weight is 550 g/mol. The topological polar surface area (TPSA) is 104 Å². The number of nitrogens with zero attached hydrogens (tertiary/aromatic N) is 5. The molecular weight excluding hydrogens is 517 g/mol. The first-order valence-electron chi connectivity index (χ1n) is 13.7. The van der Waals surface area contributed by atoms with Crippen LogP contribution in [0.3, 0.4) is 0 Å². The van der Waals surface area contributed by atoms with Crippen LogP contribution in [0.4, 0.5) is 10.2 Å². The summed E-state index contributed by atoms with van der Waals surface area (Å²) in [6, 6.07) is 7.43. The molecule has 0 aliphatic carbocycles. The zero-order chi connectivity index (χ0) is 26.5. The summed E-state index contributed by atoms with van der Waals surface area (Å²) in [5, 5.41) is 0.764. The maximum Gasteiger partial charge on any atom is 0.223 e. The third-order valence-electron chi connectivity index (χ3n) is 8.39. The van der Waals surface area contributed by atoms with Gasteiger partial charge >= 0.3 is 0 Å². The molecule has 9 nitrogen and oxygen atoms in total. The number of hydrogen-bond acceptors (Lipinski definition) is 8. The van der Waals surface area contributed by atoms with Gasteiger partial charge in [0.1, 0.15) is 5.82 Å². The Kier molecular flexibility index (Phi) is 6.46. The number of benzene rings is 1. The molecule has 3 fully saturated rings. The molecule has 6 heterocycles. The summed E-state index contributed by atoms with van der Waals surface area (Å²) in [6.45, 7) is 7.13. The van der Waals surface area contributed by atoms with Gasteiger partial charge in [0.15, 0.2) is 11.6 Å². The first-order valence-corrected chi connectivity index (χ1v) is 14.5. The number of carbonyl (C=O) groups excluding carboxylic acids is 1. The SMILES string of the molecule is NC(=O)[C@@H]1CN(Cc2cc3nc(-c4c(F)ccc5[nH]ccc45)nc(N4CCOCC4)c3s2)CC[C@@H]1N1CCC1. The number of morpholine rings is 1. The number of thiophene rings is 1. The number of fused-ring (bicyclic) bond motifs is 2. The summed E-state index contributed by atoms with van der Waals surface area (Å²) in [5.74, 6) is 0.508. The summed E-state index contributed by atoms with van der Waals surface area (Å²) in [4.78, 5) is 33.5. The van der Waals surface area contributed by atoms with E-state index in [0.29, 0.717) is 31.1 Å². The van der Waals surface area contributed by atoms with Gasteiger partial charge in [-0.25, -0.2) is 14.4 Å². The molecule has 0 bridgehead atoms. The van der Waals surface area contributed by atoms with Crippen LogP contribution < -0.4 is 10.6 Å². The lowest BCUT2D eigenvalue weighted by atomic mass is 9.88. The number of likely N-dealkylation sites (tertiary alicyclic amines) is 2. The minimum atomic E-state index is -0.340. The van der Waals surface area contributed by atoms with Crippen LogP contribution in [0.5, 0.6) is 0 Å². The summed E-state index contributed by atoms with van der Waals surface area (Å²) in [7, 11) is 0. The highest BCUT2D eigenvalue weighted by Gasteiger charge is 2.38. The number of anilines is 1. The van der Waals surface area contributed by atoms with E-state index in [4.69, 9.17) is 20.4 Å². The van der Waals surface area contributed by atoms with E-state index in [1.807, 2.05) is 12.3 Å². The van der Waals surface area contributed by atoms with E-state index in [2.05, 4.69) is 25.8 Å². The van der Waals surface area contributed by atoms with Crippen molar-refractivity contribution < 1.29 is 13.9 Å². The fourth-order valence-electron chi connectivity index (χ4n) is 6.24. The Balaban J connectivity index is 1.24. The number of ether oxygens (including phenoxy) is 1. The third kappa shape index (κ3) is 4.57. The number of nitrogens with two attached hydrogens (primary N) is 1. The minimum absolute atomic E-state index is 0.159. The maximum atomic E-state index is 15.2. The van der Waals surface area contributed by atoms with Gasteiger partial charge in [0.2, 0.25) is 5.91 Å². The monoisotopic (exact) mass is 549 g/mol. The third-order valence-corrected chi connectivity index (χ3v) is 9.49. The molecule has 2 atom stereocenters. The Morgan fingerprint density at radius 1 is 1.15 bits per heavy atom. The fourth-order valence-corrected chi connectivity index (χ4v) is 7.39. The van der Waals surface area contributed by atoms with Crippen LogP contribution in [-0.2, 0) is 16.1 Å². The number of nitrogens with one attached hydrogen (secondary N) is 1. The minimum Gasteiger partial charge on any atom is -0.378 e. The van der Waals surface area contributed by atoms with Crippen LogP contribution in [-0.4, -0.2) is 89.2 Å². The van der Waals surface area contributed by atoms with Crippen molar-refractivity contribution in [3.8, 4) is 11.4 Å². The second-order valence-corrected chi connectivity index (χ2v) is 11.9. The molecule has 0 unspecified atom stereocenters. The van der Waals surface area contributed by atoms with Crippen molar-refractivity contribution in [1.82, 2.24) is 24.8 Å². The number of H-pyrrole nitrogens is 1. The highest BCUT2D eigenvalue weighted by molar-refractivity contribution is 7.19. The van der Waals surface area contributed by atoms with Gasteiger partial charge in [0.25, 0.3) is 0 Å². The first kappa shape index (κ1) is 24.9. The van der Waals surface area contributed by atoms with E-state index in [1.54, 1.807) is 17.4 Å². The number of halogens is 1. The summed E-state index contributed by atoms with van der Waals surface area (Å²) >= 11 is 1.68. The first-order chi connectivity index (χ1) is 19.0.